The first-order chi connectivity index (χ1) is 13.6. The summed E-state index contributed by atoms with van der Waals surface area (Å²) in [5.41, 5.74) is 6.23. The van der Waals surface area contributed by atoms with Gasteiger partial charge in [-0.15, -0.1) is 11.8 Å². The Morgan fingerprint density at radius 2 is 1.86 bits per heavy atom. The molecule has 1 aromatic heterocycles. The van der Waals surface area contributed by atoms with Gasteiger partial charge in [-0.05, 0) is 24.3 Å². The molecule has 0 aliphatic rings. The molecule has 0 aliphatic heterocycles. The molecule has 0 saturated heterocycles. The molecule has 2 amide bonds. The third-order valence-corrected chi connectivity index (χ3v) is 5.00. The molecule has 7 heteroatoms. The van der Waals surface area contributed by atoms with E-state index in [2.05, 4.69) is 10.9 Å². The van der Waals surface area contributed by atoms with Crippen molar-refractivity contribution >= 4 is 40.6 Å². The van der Waals surface area contributed by atoms with Gasteiger partial charge in [0, 0.05) is 28.3 Å². The van der Waals surface area contributed by atoms with E-state index in [-0.39, 0.29) is 11.6 Å². The van der Waals surface area contributed by atoms with Gasteiger partial charge in [-0.2, -0.15) is 0 Å². The van der Waals surface area contributed by atoms with E-state index in [0.717, 1.165) is 34.1 Å². The van der Waals surface area contributed by atoms with Gasteiger partial charge in [-0.25, -0.2) is 4.39 Å². The summed E-state index contributed by atoms with van der Waals surface area (Å²) >= 11 is 1.06. The molecule has 0 spiro atoms. The molecule has 0 fully saturated rings. The number of halogens is 1. The summed E-state index contributed by atoms with van der Waals surface area (Å²) in [4.78, 5) is 24.2. The minimum atomic E-state index is -0.475. The molecule has 2 aromatic carbocycles. The zero-order chi connectivity index (χ0) is 19.9. The second kappa shape index (κ2) is 9.23. The molecule has 0 aliphatic carbocycles. The highest BCUT2D eigenvalue weighted by Crippen LogP contribution is 2.27. The van der Waals surface area contributed by atoms with Crippen molar-refractivity contribution in [2.45, 2.75) is 18.2 Å². The van der Waals surface area contributed by atoms with Crippen molar-refractivity contribution in [2.75, 3.05) is 5.75 Å². The average molecular weight is 398 g/mol. The number of furan rings is 1. The number of thioether (sulfide) groups is 1. The fourth-order valence-corrected chi connectivity index (χ4v) is 3.37. The first-order valence-corrected chi connectivity index (χ1v) is 9.71. The van der Waals surface area contributed by atoms with Crippen LogP contribution in [0, 0.1) is 5.82 Å². The molecule has 0 bridgehead atoms. The van der Waals surface area contributed by atoms with E-state index in [4.69, 9.17) is 4.42 Å². The van der Waals surface area contributed by atoms with Crippen LogP contribution >= 0.6 is 11.8 Å². The summed E-state index contributed by atoms with van der Waals surface area (Å²) < 4.78 is 19.3. The summed E-state index contributed by atoms with van der Waals surface area (Å²) in [6, 6.07) is 13.8. The Kier molecular flexibility index (Phi) is 6.49. The molecular formula is C21H19FN2O3S. The molecule has 3 rings (SSSR count). The van der Waals surface area contributed by atoms with Crippen molar-refractivity contribution in [3.63, 3.8) is 0 Å². The Morgan fingerprint density at radius 3 is 2.64 bits per heavy atom. The van der Waals surface area contributed by atoms with E-state index >= 15 is 0 Å². The van der Waals surface area contributed by atoms with Gasteiger partial charge in [0.05, 0.1) is 5.75 Å². The minimum absolute atomic E-state index is 0.0166. The van der Waals surface area contributed by atoms with E-state index in [9.17, 15) is 14.0 Å². The van der Waals surface area contributed by atoms with Gasteiger partial charge in [0.2, 0.25) is 5.91 Å². The van der Waals surface area contributed by atoms with Crippen molar-refractivity contribution in [1.29, 1.82) is 0 Å². The summed E-state index contributed by atoms with van der Waals surface area (Å²) in [6.45, 7) is 1.97. The lowest BCUT2D eigenvalue weighted by Gasteiger charge is -2.05. The Morgan fingerprint density at radius 1 is 1.11 bits per heavy atom. The maximum absolute atomic E-state index is 13.5. The highest BCUT2D eigenvalue weighted by atomic mass is 32.2. The molecule has 1 heterocycles. The van der Waals surface area contributed by atoms with Gasteiger partial charge in [-0.3, -0.25) is 20.4 Å². The number of carbonyl (C=O) groups is 2. The molecule has 0 saturated carbocycles. The number of amides is 2. The van der Waals surface area contributed by atoms with Crippen molar-refractivity contribution in [3.8, 4) is 0 Å². The highest BCUT2D eigenvalue weighted by Gasteiger charge is 2.11. The van der Waals surface area contributed by atoms with Crippen LogP contribution in [0.2, 0.25) is 0 Å². The quantitative estimate of drug-likeness (QED) is 0.373. The SMILES string of the molecule is CCc1oc2ccccc2c1/C=C/C(=O)NNC(=O)CSc1ccccc1F. The van der Waals surface area contributed by atoms with E-state index in [1.54, 1.807) is 24.3 Å². The Labute approximate surface area is 166 Å². The number of fused-ring (bicyclic) bond motifs is 1. The van der Waals surface area contributed by atoms with Gasteiger partial charge in [-0.1, -0.05) is 37.3 Å². The lowest BCUT2D eigenvalue weighted by molar-refractivity contribution is -0.125. The van der Waals surface area contributed by atoms with Crippen LogP contribution < -0.4 is 10.9 Å². The van der Waals surface area contributed by atoms with Crippen molar-refractivity contribution in [3.05, 3.63) is 71.7 Å². The standard InChI is InChI=1S/C21H19FN2O3S/c1-2-17-15(14-7-3-5-9-18(14)27-17)11-12-20(25)23-24-21(26)13-28-19-10-6-4-8-16(19)22/h3-12H,2,13H2,1H3,(H,23,25)(H,24,26)/b12-11+. The topological polar surface area (TPSA) is 71.3 Å². The largest absolute Gasteiger partial charge is 0.460 e. The Bertz CT molecular complexity index is 1030. The van der Waals surface area contributed by atoms with E-state index in [1.165, 1.54) is 12.1 Å². The number of aryl methyl sites for hydroxylation is 1. The summed E-state index contributed by atoms with van der Waals surface area (Å²) in [7, 11) is 0. The van der Waals surface area contributed by atoms with E-state index < -0.39 is 11.8 Å². The number of hydrogen-bond donors (Lipinski definition) is 2. The third-order valence-electron chi connectivity index (χ3n) is 3.95. The molecule has 2 N–H and O–H groups in total. The lowest BCUT2D eigenvalue weighted by atomic mass is 10.1. The Hall–Kier alpha value is -3.06. The van der Waals surface area contributed by atoms with Gasteiger partial charge in [0.1, 0.15) is 17.2 Å². The predicted octanol–water partition coefficient (Wildman–Crippen LogP) is 4.09. The van der Waals surface area contributed by atoms with Gasteiger partial charge in [0.25, 0.3) is 5.91 Å². The maximum atomic E-state index is 13.5. The van der Waals surface area contributed by atoms with E-state index in [0.29, 0.717) is 11.3 Å². The van der Waals surface area contributed by atoms with Crippen LogP contribution in [0.4, 0.5) is 4.39 Å². The van der Waals surface area contributed by atoms with Gasteiger partial charge in [0.15, 0.2) is 0 Å². The maximum Gasteiger partial charge on any atom is 0.262 e. The number of para-hydroxylation sites is 1. The predicted molar refractivity (Wildman–Crippen MR) is 108 cm³/mol. The van der Waals surface area contributed by atoms with Gasteiger partial charge < -0.3 is 4.42 Å². The molecule has 0 unspecified atom stereocenters. The van der Waals surface area contributed by atoms with Crippen LogP contribution in [-0.2, 0) is 16.0 Å². The fraction of sp³-hybridized carbons (Fsp3) is 0.143. The van der Waals surface area contributed by atoms with Crippen LogP contribution in [0.3, 0.4) is 0 Å². The monoisotopic (exact) mass is 398 g/mol. The molecule has 3 aromatic rings. The van der Waals surface area contributed by atoms with Crippen molar-refractivity contribution in [1.82, 2.24) is 10.9 Å². The number of hydrogen-bond acceptors (Lipinski definition) is 4. The zero-order valence-corrected chi connectivity index (χ0v) is 16.0. The minimum Gasteiger partial charge on any atom is -0.460 e. The van der Waals surface area contributed by atoms with Gasteiger partial charge >= 0.3 is 0 Å². The number of nitrogens with one attached hydrogen (secondary N) is 2. The molecular weight excluding hydrogens is 379 g/mol. The summed E-state index contributed by atoms with van der Waals surface area (Å²) in [5.74, 6) is -0.520. The van der Waals surface area contributed by atoms with Crippen LogP contribution in [-0.4, -0.2) is 17.6 Å². The number of benzene rings is 2. The normalized spacial score (nSPS) is 11.1. The van der Waals surface area contributed by atoms with E-state index in [1.807, 2.05) is 31.2 Å². The number of carbonyl (C=O) groups excluding carboxylic acids is 2. The van der Waals surface area contributed by atoms with Crippen LogP contribution in [0.15, 0.2) is 63.9 Å². The zero-order valence-electron chi connectivity index (χ0n) is 15.2. The fourth-order valence-electron chi connectivity index (χ4n) is 2.63. The second-order valence-electron chi connectivity index (χ2n) is 5.88. The molecule has 5 nitrogen and oxygen atoms in total. The summed E-state index contributed by atoms with van der Waals surface area (Å²) in [6.07, 6.45) is 3.70. The Balaban J connectivity index is 1.54. The second-order valence-corrected chi connectivity index (χ2v) is 6.90. The first-order valence-electron chi connectivity index (χ1n) is 8.73. The lowest BCUT2D eigenvalue weighted by Crippen LogP contribution is -2.41. The van der Waals surface area contributed by atoms with Crippen LogP contribution in [0.5, 0.6) is 0 Å². The molecule has 144 valence electrons. The number of rotatable bonds is 6. The molecule has 0 radical (unpaired) electrons. The third kappa shape index (κ3) is 4.80. The van der Waals surface area contributed by atoms with Crippen molar-refractivity contribution < 1.29 is 18.4 Å². The number of hydrazine groups is 1. The first kappa shape index (κ1) is 19.7. The average Bonchev–Trinajstić information content (AvgIpc) is 3.07. The summed E-state index contributed by atoms with van der Waals surface area (Å²) in [5, 5.41) is 0.925. The molecule has 28 heavy (non-hydrogen) atoms. The van der Waals surface area contributed by atoms with Crippen LogP contribution in [0.25, 0.3) is 17.0 Å². The van der Waals surface area contributed by atoms with Crippen LogP contribution in [0.1, 0.15) is 18.2 Å². The van der Waals surface area contributed by atoms with Crippen molar-refractivity contribution in [2.24, 2.45) is 0 Å². The smallest absolute Gasteiger partial charge is 0.262 e. The molecule has 0 atom stereocenters. The highest BCUT2D eigenvalue weighted by molar-refractivity contribution is 8.00.